The molecule has 28 heavy (non-hydrogen) atoms. The molecule has 0 radical (unpaired) electrons. The fourth-order valence-corrected chi connectivity index (χ4v) is 2.95. The third kappa shape index (κ3) is 3.47. The van der Waals surface area contributed by atoms with Crippen molar-refractivity contribution in [2.45, 2.75) is 6.18 Å². The van der Waals surface area contributed by atoms with Crippen molar-refractivity contribution in [3.8, 4) is 23.0 Å². The summed E-state index contributed by atoms with van der Waals surface area (Å²) in [6, 6.07) is 12.4. The molecular weight excluding hydrogens is 363 g/mol. The van der Waals surface area contributed by atoms with Gasteiger partial charge in [-0.1, -0.05) is 36.1 Å². The molecule has 0 spiro atoms. The maximum atomic E-state index is 13.0. The van der Waals surface area contributed by atoms with Gasteiger partial charge in [0.15, 0.2) is 0 Å². The molecule has 0 unspecified atom stereocenters. The second-order valence-electron chi connectivity index (χ2n) is 6.30. The predicted molar refractivity (Wildman–Crippen MR) is 101 cm³/mol. The molecule has 4 rings (SSSR count). The standard InChI is InChI=1S/C22H14F3N3/c1-28-21-14-26-12-18(20(21)13-27-28)9-8-15-4-2-5-16(10-15)17-6-3-7-19(11-17)22(23,24)25/h2-7,10-14H,1H3. The van der Waals surface area contributed by atoms with Crippen LogP contribution in [0.1, 0.15) is 16.7 Å². The molecule has 0 saturated carbocycles. The van der Waals surface area contributed by atoms with Gasteiger partial charge in [0, 0.05) is 24.2 Å². The Labute approximate surface area is 159 Å². The monoisotopic (exact) mass is 377 g/mol. The number of hydrogen-bond acceptors (Lipinski definition) is 2. The second kappa shape index (κ2) is 6.86. The van der Waals surface area contributed by atoms with Crippen LogP contribution >= 0.6 is 0 Å². The Balaban J connectivity index is 1.70. The highest BCUT2D eigenvalue weighted by atomic mass is 19.4. The summed E-state index contributed by atoms with van der Waals surface area (Å²) in [5, 5.41) is 5.11. The van der Waals surface area contributed by atoms with E-state index in [1.54, 1.807) is 47.5 Å². The smallest absolute Gasteiger partial charge is 0.266 e. The number of alkyl halides is 3. The first-order valence-electron chi connectivity index (χ1n) is 8.47. The summed E-state index contributed by atoms with van der Waals surface area (Å²) in [5.74, 6) is 6.15. The zero-order valence-corrected chi connectivity index (χ0v) is 14.8. The lowest BCUT2D eigenvalue weighted by atomic mass is 10.0. The number of halogens is 3. The van der Waals surface area contributed by atoms with E-state index in [2.05, 4.69) is 21.9 Å². The molecule has 2 aromatic heterocycles. The molecule has 138 valence electrons. The third-order valence-corrected chi connectivity index (χ3v) is 4.40. The number of nitrogens with zero attached hydrogens (tertiary/aromatic N) is 3. The topological polar surface area (TPSA) is 30.7 Å². The summed E-state index contributed by atoms with van der Waals surface area (Å²) in [5.41, 5.74) is 2.83. The molecular formula is C22H14F3N3. The van der Waals surface area contributed by atoms with Crippen molar-refractivity contribution in [3.05, 3.63) is 83.8 Å². The molecule has 2 aromatic carbocycles. The van der Waals surface area contributed by atoms with Crippen molar-refractivity contribution in [2.75, 3.05) is 0 Å². The van der Waals surface area contributed by atoms with Crippen LogP contribution < -0.4 is 0 Å². The minimum atomic E-state index is -4.37. The fraction of sp³-hybridized carbons (Fsp3) is 0.0909. The van der Waals surface area contributed by atoms with E-state index in [0.29, 0.717) is 16.7 Å². The Morgan fingerprint density at radius 3 is 2.43 bits per heavy atom. The Morgan fingerprint density at radius 2 is 1.64 bits per heavy atom. The highest BCUT2D eigenvalue weighted by Gasteiger charge is 2.30. The van der Waals surface area contributed by atoms with Crippen molar-refractivity contribution in [2.24, 2.45) is 7.05 Å². The molecule has 0 aliphatic carbocycles. The van der Waals surface area contributed by atoms with Gasteiger partial charge in [-0.15, -0.1) is 0 Å². The van der Waals surface area contributed by atoms with E-state index >= 15 is 0 Å². The van der Waals surface area contributed by atoms with Crippen LogP contribution in [0.4, 0.5) is 13.2 Å². The average molecular weight is 377 g/mol. The van der Waals surface area contributed by atoms with E-state index in [1.165, 1.54) is 6.07 Å². The number of fused-ring (bicyclic) bond motifs is 1. The molecule has 0 amide bonds. The Morgan fingerprint density at radius 1 is 0.893 bits per heavy atom. The van der Waals surface area contributed by atoms with Gasteiger partial charge in [0.25, 0.3) is 0 Å². The minimum absolute atomic E-state index is 0.495. The second-order valence-corrected chi connectivity index (χ2v) is 6.30. The van der Waals surface area contributed by atoms with Crippen LogP contribution in [-0.4, -0.2) is 14.8 Å². The van der Waals surface area contributed by atoms with Crippen molar-refractivity contribution in [1.29, 1.82) is 0 Å². The van der Waals surface area contributed by atoms with Gasteiger partial charge in [0.1, 0.15) is 0 Å². The molecule has 0 aliphatic rings. The average Bonchev–Trinajstić information content (AvgIpc) is 3.08. The fourth-order valence-electron chi connectivity index (χ4n) is 2.95. The summed E-state index contributed by atoms with van der Waals surface area (Å²) in [6.45, 7) is 0. The highest BCUT2D eigenvalue weighted by molar-refractivity contribution is 5.84. The SMILES string of the molecule is Cn1ncc2c(C#Cc3cccc(-c4cccc(C(F)(F)F)c4)c3)cncc21. The van der Waals surface area contributed by atoms with Gasteiger partial charge in [0.2, 0.25) is 0 Å². The summed E-state index contributed by atoms with van der Waals surface area (Å²) in [4.78, 5) is 4.19. The van der Waals surface area contributed by atoms with Crippen molar-refractivity contribution in [3.63, 3.8) is 0 Å². The van der Waals surface area contributed by atoms with Crippen molar-refractivity contribution < 1.29 is 13.2 Å². The maximum absolute atomic E-state index is 13.0. The molecule has 4 aromatic rings. The third-order valence-electron chi connectivity index (χ3n) is 4.40. The van der Waals surface area contributed by atoms with E-state index in [4.69, 9.17) is 0 Å². The number of aryl methyl sites for hydroxylation is 1. The van der Waals surface area contributed by atoms with Crippen LogP contribution in [-0.2, 0) is 13.2 Å². The van der Waals surface area contributed by atoms with Gasteiger partial charge in [-0.3, -0.25) is 9.67 Å². The summed E-state index contributed by atoms with van der Waals surface area (Å²) < 4.78 is 40.6. The zero-order chi connectivity index (χ0) is 19.7. The van der Waals surface area contributed by atoms with Crippen LogP contribution in [0.5, 0.6) is 0 Å². The van der Waals surface area contributed by atoms with Crippen LogP contribution in [0.2, 0.25) is 0 Å². The van der Waals surface area contributed by atoms with E-state index in [-0.39, 0.29) is 0 Å². The van der Waals surface area contributed by atoms with Crippen molar-refractivity contribution >= 4 is 10.9 Å². The lowest BCUT2D eigenvalue weighted by Crippen LogP contribution is -2.04. The van der Waals surface area contributed by atoms with Gasteiger partial charge in [0.05, 0.1) is 29.0 Å². The van der Waals surface area contributed by atoms with Crippen LogP contribution in [0, 0.1) is 11.8 Å². The Hall–Kier alpha value is -3.59. The number of pyridine rings is 1. The van der Waals surface area contributed by atoms with Gasteiger partial charge in [-0.25, -0.2) is 0 Å². The molecule has 0 aliphatic heterocycles. The number of hydrogen-bond donors (Lipinski definition) is 0. The number of rotatable bonds is 1. The van der Waals surface area contributed by atoms with Crippen molar-refractivity contribution in [1.82, 2.24) is 14.8 Å². The van der Waals surface area contributed by atoms with Crippen LogP contribution in [0.15, 0.2) is 67.1 Å². The predicted octanol–water partition coefficient (Wildman–Crippen LogP) is 5.05. The van der Waals surface area contributed by atoms with Crippen LogP contribution in [0.25, 0.3) is 22.0 Å². The summed E-state index contributed by atoms with van der Waals surface area (Å²) in [6.07, 6.45) is 0.762. The Bertz CT molecular complexity index is 1230. The maximum Gasteiger partial charge on any atom is 0.416 e. The zero-order valence-electron chi connectivity index (χ0n) is 14.8. The largest absolute Gasteiger partial charge is 0.416 e. The van der Waals surface area contributed by atoms with Gasteiger partial charge < -0.3 is 0 Å². The first-order valence-corrected chi connectivity index (χ1v) is 8.47. The Kier molecular flexibility index (Phi) is 4.36. The highest BCUT2D eigenvalue weighted by Crippen LogP contribution is 2.32. The molecule has 0 bridgehead atoms. The quantitative estimate of drug-likeness (QED) is 0.435. The van der Waals surface area contributed by atoms with E-state index in [0.717, 1.165) is 28.6 Å². The number of benzene rings is 2. The normalized spacial score (nSPS) is 11.3. The minimum Gasteiger partial charge on any atom is -0.266 e. The van der Waals surface area contributed by atoms with Gasteiger partial charge in [-0.05, 0) is 35.4 Å². The molecule has 0 atom stereocenters. The van der Waals surface area contributed by atoms with E-state index in [9.17, 15) is 13.2 Å². The summed E-state index contributed by atoms with van der Waals surface area (Å²) in [7, 11) is 1.83. The molecule has 0 saturated heterocycles. The molecule has 3 nitrogen and oxygen atoms in total. The molecule has 0 N–H and O–H groups in total. The lowest BCUT2D eigenvalue weighted by molar-refractivity contribution is -0.137. The van der Waals surface area contributed by atoms with Crippen LogP contribution in [0.3, 0.4) is 0 Å². The van der Waals surface area contributed by atoms with E-state index in [1.807, 2.05) is 13.1 Å². The van der Waals surface area contributed by atoms with E-state index < -0.39 is 11.7 Å². The lowest BCUT2D eigenvalue weighted by Gasteiger charge is -2.09. The molecule has 2 heterocycles. The van der Waals surface area contributed by atoms with Gasteiger partial charge >= 0.3 is 6.18 Å². The first-order chi connectivity index (χ1) is 13.4. The number of aromatic nitrogens is 3. The first kappa shape index (κ1) is 17.8. The molecule has 0 fully saturated rings. The summed E-state index contributed by atoms with van der Waals surface area (Å²) >= 11 is 0. The van der Waals surface area contributed by atoms with Gasteiger partial charge in [-0.2, -0.15) is 18.3 Å². The molecule has 6 heteroatoms.